The SMILES string of the molecule is COc1cccc(C(CN)Sc2ccc(Cl)c(Cl)c2)c1. The van der Waals surface area contributed by atoms with Gasteiger partial charge in [0.25, 0.3) is 0 Å². The van der Waals surface area contributed by atoms with Gasteiger partial charge in [-0.1, -0.05) is 35.3 Å². The Morgan fingerprint density at radius 3 is 2.60 bits per heavy atom. The Morgan fingerprint density at radius 2 is 1.95 bits per heavy atom. The Balaban J connectivity index is 2.21. The number of nitrogens with two attached hydrogens (primary N) is 1. The van der Waals surface area contributed by atoms with E-state index in [-0.39, 0.29) is 5.25 Å². The van der Waals surface area contributed by atoms with Gasteiger partial charge in [-0.05, 0) is 35.9 Å². The summed E-state index contributed by atoms with van der Waals surface area (Å²) >= 11 is 13.6. The average Bonchev–Trinajstić information content (AvgIpc) is 2.48. The number of halogens is 2. The van der Waals surface area contributed by atoms with E-state index in [1.807, 2.05) is 36.4 Å². The maximum atomic E-state index is 6.04. The van der Waals surface area contributed by atoms with Crippen LogP contribution in [0.3, 0.4) is 0 Å². The molecule has 0 aliphatic rings. The van der Waals surface area contributed by atoms with Crippen LogP contribution in [0, 0.1) is 0 Å². The highest BCUT2D eigenvalue weighted by molar-refractivity contribution is 7.99. The molecule has 2 aromatic rings. The van der Waals surface area contributed by atoms with Gasteiger partial charge in [-0.2, -0.15) is 0 Å². The summed E-state index contributed by atoms with van der Waals surface area (Å²) in [4.78, 5) is 1.04. The van der Waals surface area contributed by atoms with Crippen molar-refractivity contribution in [3.8, 4) is 5.75 Å². The highest BCUT2D eigenvalue weighted by Crippen LogP contribution is 2.37. The first-order valence-electron chi connectivity index (χ1n) is 6.09. The molecule has 1 unspecified atom stereocenters. The number of thioether (sulfide) groups is 1. The monoisotopic (exact) mass is 327 g/mol. The summed E-state index contributed by atoms with van der Waals surface area (Å²) in [5, 5.41) is 1.25. The summed E-state index contributed by atoms with van der Waals surface area (Å²) in [6, 6.07) is 13.5. The second-order valence-electron chi connectivity index (χ2n) is 4.19. The van der Waals surface area contributed by atoms with Crippen LogP contribution in [0.1, 0.15) is 10.8 Å². The van der Waals surface area contributed by atoms with Crippen LogP contribution in [0.2, 0.25) is 10.0 Å². The van der Waals surface area contributed by atoms with Gasteiger partial charge in [-0.15, -0.1) is 11.8 Å². The van der Waals surface area contributed by atoms with Crippen LogP contribution in [-0.4, -0.2) is 13.7 Å². The number of benzene rings is 2. The lowest BCUT2D eigenvalue weighted by molar-refractivity contribution is 0.414. The summed E-state index contributed by atoms with van der Waals surface area (Å²) in [6.07, 6.45) is 0. The maximum absolute atomic E-state index is 6.04. The Bertz CT molecular complexity index is 592. The van der Waals surface area contributed by atoms with Gasteiger partial charge in [0.15, 0.2) is 0 Å². The molecule has 2 N–H and O–H groups in total. The van der Waals surface area contributed by atoms with Gasteiger partial charge in [-0.3, -0.25) is 0 Å². The molecule has 0 amide bonds. The van der Waals surface area contributed by atoms with Crippen LogP contribution < -0.4 is 10.5 Å². The molecule has 0 aliphatic heterocycles. The lowest BCUT2D eigenvalue weighted by Crippen LogP contribution is -2.09. The smallest absolute Gasteiger partial charge is 0.119 e. The Labute approximate surface area is 133 Å². The lowest BCUT2D eigenvalue weighted by atomic mass is 10.1. The van der Waals surface area contributed by atoms with E-state index in [1.54, 1.807) is 24.9 Å². The molecule has 2 nitrogen and oxygen atoms in total. The molecular weight excluding hydrogens is 313 g/mol. The van der Waals surface area contributed by atoms with Gasteiger partial charge in [0.1, 0.15) is 5.75 Å². The zero-order valence-electron chi connectivity index (χ0n) is 11.0. The van der Waals surface area contributed by atoms with E-state index in [9.17, 15) is 0 Å². The predicted octanol–water partition coefficient (Wildman–Crippen LogP) is 4.79. The average molecular weight is 328 g/mol. The molecule has 20 heavy (non-hydrogen) atoms. The molecule has 0 aromatic heterocycles. The number of rotatable bonds is 5. The molecular formula is C15H15Cl2NOS. The van der Waals surface area contributed by atoms with Crippen molar-refractivity contribution in [2.75, 3.05) is 13.7 Å². The van der Waals surface area contributed by atoms with Crippen LogP contribution in [0.5, 0.6) is 5.75 Å². The summed E-state index contributed by atoms with van der Waals surface area (Å²) in [5.74, 6) is 0.829. The molecule has 0 radical (unpaired) electrons. The number of ether oxygens (including phenoxy) is 1. The normalized spacial score (nSPS) is 12.2. The molecule has 5 heteroatoms. The lowest BCUT2D eigenvalue weighted by Gasteiger charge is -2.16. The standard InChI is InChI=1S/C15H15Cl2NOS/c1-19-11-4-2-3-10(7-11)15(9-18)20-12-5-6-13(16)14(17)8-12/h2-8,15H,9,18H2,1H3. The second-order valence-corrected chi connectivity index (χ2v) is 6.29. The fourth-order valence-electron chi connectivity index (χ4n) is 1.81. The molecule has 2 aromatic carbocycles. The highest BCUT2D eigenvalue weighted by atomic mass is 35.5. The molecule has 0 aliphatic carbocycles. The van der Waals surface area contributed by atoms with Crippen molar-refractivity contribution in [2.24, 2.45) is 5.73 Å². The quantitative estimate of drug-likeness (QED) is 0.801. The van der Waals surface area contributed by atoms with Gasteiger partial charge in [0.2, 0.25) is 0 Å². The van der Waals surface area contributed by atoms with Crippen molar-refractivity contribution in [1.82, 2.24) is 0 Å². The van der Waals surface area contributed by atoms with E-state index in [1.165, 1.54) is 0 Å². The molecule has 0 fully saturated rings. The van der Waals surface area contributed by atoms with E-state index < -0.39 is 0 Å². The van der Waals surface area contributed by atoms with Crippen LogP contribution in [0.15, 0.2) is 47.4 Å². The second kappa shape index (κ2) is 7.23. The first-order chi connectivity index (χ1) is 9.63. The third-order valence-electron chi connectivity index (χ3n) is 2.85. The number of hydrogen-bond acceptors (Lipinski definition) is 3. The van der Waals surface area contributed by atoms with Crippen LogP contribution in [-0.2, 0) is 0 Å². The van der Waals surface area contributed by atoms with Gasteiger partial charge < -0.3 is 10.5 Å². The molecule has 0 bridgehead atoms. The zero-order valence-corrected chi connectivity index (χ0v) is 13.3. The summed E-state index contributed by atoms with van der Waals surface area (Å²) < 4.78 is 5.25. The third kappa shape index (κ3) is 3.83. The fourth-order valence-corrected chi connectivity index (χ4v) is 3.21. The van der Waals surface area contributed by atoms with Crippen molar-refractivity contribution in [3.05, 3.63) is 58.1 Å². The Morgan fingerprint density at radius 1 is 1.15 bits per heavy atom. The van der Waals surface area contributed by atoms with Crippen molar-refractivity contribution in [1.29, 1.82) is 0 Å². The van der Waals surface area contributed by atoms with Gasteiger partial charge in [-0.25, -0.2) is 0 Å². The van der Waals surface area contributed by atoms with E-state index in [0.717, 1.165) is 16.2 Å². The van der Waals surface area contributed by atoms with Crippen LogP contribution >= 0.6 is 35.0 Å². The van der Waals surface area contributed by atoms with E-state index in [0.29, 0.717) is 16.6 Å². The molecule has 106 valence electrons. The first-order valence-corrected chi connectivity index (χ1v) is 7.73. The largest absolute Gasteiger partial charge is 0.497 e. The molecule has 2 rings (SSSR count). The van der Waals surface area contributed by atoms with Crippen molar-refractivity contribution >= 4 is 35.0 Å². The maximum Gasteiger partial charge on any atom is 0.119 e. The van der Waals surface area contributed by atoms with Gasteiger partial charge >= 0.3 is 0 Å². The molecule has 0 spiro atoms. The minimum atomic E-state index is 0.141. The van der Waals surface area contributed by atoms with Crippen molar-refractivity contribution < 1.29 is 4.74 Å². The Kier molecular flexibility index (Phi) is 5.61. The minimum Gasteiger partial charge on any atom is -0.497 e. The predicted molar refractivity (Wildman–Crippen MR) is 87.1 cm³/mol. The van der Waals surface area contributed by atoms with Crippen molar-refractivity contribution in [2.45, 2.75) is 10.1 Å². The van der Waals surface area contributed by atoms with Gasteiger partial charge in [0.05, 0.1) is 17.2 Å². The highest BCUT2D eigenvalue weighted by Gasteiger charge is 2.13. The summed E-state index contributed by atoms with van der Waals surface area (Å²) in [5.41, 5.74) is 7.02. The van der Waals surface area contributed by atoms with Gasteiger partial charge in [0, 0.05) is 16.7 Å². The van der Waals surface area contributed by atoms with Crippen molar-refractivity contribution in [3.63, 3.8) is 0 Å². The minimum absolute atomic E-state index is 0.141. The molecule has 1 atom stereocenters. The fraction of sp³-hybridized carbons (Fsp3) is 0.200. The first kappa shape index (κ1) is 15.5. The zero-order chi connectivity index (χ0) is 14.5. The summed E-state index contributed by atoms with van der Waals surface area (Å²) in [6.45, 7) is 0.526. The van der Waals surface area contributed by atoms with E-state index >= 15 is 0 Å². The van der Waals surface area contributed by atoms with E-state index in [2.05, 4.69) is 0 Å². The number of hydrogen-bond donors (Lipinski definition) is 1. The molecule has 0 heterocycles. The third-order valence-corrected chi connectivity index (χ3v) is 4.86. The molecule has 0 saturated heterocycles. The summed E-state index contributed by atoms with van der Waals surface area (Å²) in [7, 11) is 1.66. The van der Waals surface area contributed by atoms with E-state index in [4.69, 9.17) is 33.7 Å². The van der Waals surface area contributed by atoms with Crippen LogP contribution in [0.25, 0.3) is 0 Å². The topological polar surface area (TPSA) is 35.2 Å². The Hall–Kier alpha value is -0.870. The molecule has 0 saturated carbocycles. The number of methoxy groups -OCH3 is 1. The van der Waals surface area contributed by atoms with Crippen LogP contribution in [0.4, 0.5) is 0 Å².